The molecular formula is C22H34ClN5O. The van der Waals surface area contributed by atoms with E-state index in [0.29, 0.717) is 6.04 Å². The average molecular weight is 420 g/mol. The maximum Gasteiger partial charge on any atom is 0.191 e. The highest BCUT2D eigenvalue weighted by Crippen LogP contribution is 2.22. The van der Waals surface area contributed by atoms with Crippen LogP contribution in [0.4, 0.5) is 0 Å². The van der Waals surface area contributed by atoms with Crippen molar-refractivity contribution in [2.45, 2.75) is 38.6 Å². The number of halogens is 1. The number of hydrogen-bond acceptors (Lipinski definition) is 3. The number of aromatic amines is 1. The number of guanidine groups is 1. The Morgan fingerprint density at radius 1 is 1.34 bits per heavy atom. The van der Waals surface area contributed by atoms with Crippen molar-refractivity contribution in [2.24, 2.45) is 4.99 Å². The second kappa shape index (κ2) is 11.4. The van der Waals surface area contributed by atoms with Crippen molar-refractivity contribution in [3.63, 3.8) is 0 Å². The molecule has 29 heavy (non-hydrogen) atoms. The van der Waals surface area contributed by atoms with Crippen molar-refractivity contribution in [1.82, 2.24) is 20.5 Å². The molecule has 0 bridgehead atoms. The van der Waals surface area contributed by atoms with Crippen LogP contribution >= 0.6 is 11.6 Å². The van der Waals surface area contributed by atoms with Crippen molar-refractivity contribution in [3.8, 4) is 0 Å². The van der Waals surface area contributed by atoms with Gasteiger partial charge < -0.3 is 25.3 Å². The second-order valence-electron chi connectivity index (χ2n) is 7.62. The van der Waals surface area contributed by atoms with Crippen LogP contribution in [-0.2, 0) is 11.2 Å². The smallest absolute Gasteiger partial charge is 0.191 e. The fourth-order valence-electron chi connectivity index (χ4n) is 3.89. The molecule has 0 spiro atoms. The molecule has 1 aromatic heterocycles. The Hall–Kier alpha value is -1.76. The molecule has 7 heteroatoms. The number of aliphatic imine (C=N–C) groups is 1. The molecule has 3 rings (SSSR count). The summed E-state index contributed by atoms with van der Waals surface area (Å²) in [5.41, 5.74) is 2.38. The Kier molecular flexibility index (Phi) is 8.65. The number of aromatic nitrogens is 1. The summed E-state index contributed by atoms with van der Waals surface area (Å²) in [5.74, 6) is 0.920. The standard InChI is InChI=1S/C22H34ClN5O/c1-3-24-22(27-19-8-12-28(13-9-19)11-4-14-29-2)25-10-7-17-16-26-21-6-5-18(23)15-20(17)21/h5-6,15-16,19,26H,3-4,7-14H2,1-2H3,(H2,24,25,27). The summed E-state index contributed by atoms with van der Waals surface area (Å²) >= 11 is 6.16. The molecule has 0 amide bonds. The summed E-state index contributed by atoms with van der Waals surface area (Å²) in [5, 5.41) is 8.97. The van der Waals surface area contributed by atoms with Gasteiger partial charge in [-0.1, -0.05) is 11.6 Å². The lowest BCUT2D eigenvalue weighted by molar-refractivity contribution is 0.155. The van der Waals surface area contributed by atoms with Gasteiger partial charge in [-0.3, -0.25) is 4.99 Å². The molecule has 0 radical (unpaired) electrons. The topological polar surface area (TPSA) is 64.7 Å². The average Bonchev–Trinajstić information content (AvgIpc) is 3.12. The molecule has 0 aliphatic carbocycles. The van der Waals surface area contributed by atoms with Gasteiger partial charge in [-0.05, 0) is 56.4 Å². The van der Waals surface area contributed by atoms with Gasteiger partial charge in [0.2, 0.25) is 0 Å². The number of ether oxygens (including phenoxy) is 1. The third kappa shape index (κ3) is 6.63. The number of methoxy groups -OCH3 is 1. The highest BCUT2D eigenvalue weighted by Gasteiger charge is 2.19. The lowest BCUT2D eigenvalue weighted by Gasteiger charge is -2.33. The molecule has 1 aromatic carbocycles. The lowest BCUT2D eigenvalue weighted by Crippen LogP contribution is -2.49. The van der Waals surface area contributed by atoms with Crippen molar-refractivity contribution in [3.05, 3.63) is 35.0 Å². The largest absolute Gasteiger partial charge is 0.385 e. The van der Waals surface area contributed by atoms with Gasteiger partial charge in [-0.25, -0.2) is 0 Å². The predicted octanol–water partition coefficient (Wildman–Crippen LogP) is 3.42. The SMILES string of the molecule is CCNC(=NCCc1c[nH]c2ccc(Cl)cc12)NC1CCN(CCCOC)CC1. The summed E-state index contributed by atoms with van der Waals surface area (Å²) in [6.45, 7) is 7.96. The van der Waals surface area contributed by atoms with Gasteiger partial charge in [0.25, 0.3) is 0 Å². The fourth-order valence-corrected chi connectivity index (χ4v) is 4.06. The third-order valence-corrected chi connectivity index (χ3v) is 5.71. The number of hydrogen-bond donors (Lipinski definition) is 3. The Bertz CT molecular complexity index is 783. The summed E-state index contributed by atoms with van der Waals surface area (Å²) < 4.78 is 5.16. The molecule has 0 atom stereocenters. The number of nitrogens with zero attached hydrogens (tertiary/aromatic N) is 2. The first-order chi connectivity index (χ1) is 14.2. The number of likely N-dealkylation sites (tertiary alicyclic amines) is 1. The number of H-pyrrole nitrogens is 1. The normalized spacial score (nSPS) is 16.4. The Morgan fingerprint density at radius 2 is 2.17 bits per heavy atom. The fraction of sp³-hybridized carbons (Fsp3) is 0.591. The van der Waals surface area contributed by atoms with E-state index < -0.39 is 0 Å². The number of rotatable bonds is 9. The maximum absolute atomic E-state index is 6.16. The van der Waals surface area contributed by atoms with E-state index in [9.17, 15) is 0 Å². The van der Waals surface area contributed by atoms with E-state index in [2.05, 4.69) is 33.6 Å². The minimum absolute atomic E-state index is 0.485. The van der Waals surface area contributed by atoms with Crippen molar-refractivity contribution in [1.29, 1.82) is 0 Å². The lowest BCUT2D eigenvalue weighted by atomic mass is 10.1. The molecule has 1 fully saturated rings. The summed E-state index contributed by atoms with van der Waals surface area (Å²) in [6, 6.07) is 6.45. The van der Waals surface area contributed by atoms with Gasteiger partial charge in [-0.2, -0.15) is 0 Å². The van der Waals surface area contributed by atoms with E-state index in [0.717, 1.165) is 81.5 Å². The molecule has 2 heterocycles. The molecule has 6 nitrogen and oxygen atoms in total. The number of benzene rings is 1. The molecule has 1 aliphatic rings. The van der Waals surface area contributed by atoms with Crippen LogP contribution in [0.25, 0.3) is 10.9 Å². The molecular weight excluding hydrogens is 386 g/mol. The zero-order valence-electron chi connectivity index (χ0n) is 17.6. The number of fused-ring (bicyclic) bond motifs is 1. The summed E-state index contributed by atoms with van der Waals surface area (Å²) in [4.78, 5) is 10.7. The van der Waals surface area contributed by atoms with Crippen LogP contribution in [0.2, 0.25) is 5.02 Å². The van der Waals surface area contributed by atoms with Crippen LogP contribution in [0, 0.1) is 0 Å². The van der Waals surface area contributed by atoms with E-state index in [1.54, 1.807) is 7.11 Å². The summed E-state index contributed by atoms with van der Waals surface area (Å²) in [6.07, 6.45) is 6.36. The first-order valence-electron chi connectivity index (χ1n) is 10.7. The van der Waals surface area contributed by atoms with E-state index in [4.69, 9.17) is 21.3 Å². The van der Waals surface area contributed by atoms with Crippen LogP contribution in [0.1, 0.15) is 31.7 Å². The van der Waals surface area contributed by atoms with Crippen LogP contribution < -0.4 is 10.6 Å². The maximum atomic E-state index is 6.16. The minimum Gasteiger partial charge on any atom is -0.385 e. The number of nitrogens with one attached hydrogen (secondary N) is 3. The molecule has 2 aromatic rings. The molecule has 1 saturated heterocycles. The zero-order chi connectivity index (χ0) is 20.5. The molecule has 1 aliphatic heterocycles. The van der Waals surface area contributed by atoms with Crippen LogP contribution in [0.3, 0.4) is 0 Å². The van der Waals surface area contributed by atoms with Crippen molar-refractivity contribution < 1.29 is 4.74 Å². The number of piperidine rings is 1. The molecule has 0 saturated carbocycles. The van der Waals surface area contributed by atoms with E-state index >= 15 is 0 Å². The van der Waals surface area contributed by atoms with Crippen LogP contribution in [0.15, 0.2) is 29.4 Å². The van der Waals surface area contributed by atoms with Crippen LogP contribution in [-0.4, -0.2) is 68.3 Å². The monoisotopic (exact) mass is 419 g/mol. The van der Waals surface area contributed by atoms with E-state index in [1.807, 2.05) is 18.2 Å². The van der Waals surface area contributed by atoms with Gasteiger partial charge >= 0.3 is 0 Å². The third-order valence-electron chi connectivity index (χ3n) is 5.48. The molecule has 0 unspecified atom stereocenters. The van der Waals surface area contributed by atoms with Gasteiger partial charge in [-0.15, -0.1) is 0 Å². The van der Waals surface area contributed by atoms with Gasteiger partial charge in [0.15, 0.2) is 5.96 Å². The van der Waals surface area contributed by atoms with Gasteiger partial charge in [0.1, 0.15) is 0 Å². The highest BCUT2D eigenvalue weighted by molar-refractivity contribution is 6.31. The predicted molar refractivity (Wildman–Crippen MR) is 122 cm³/mol. The second-order valence-corrected chi connectivity index (χ2v) is 8.06. The minimum atomic E-state index is 0.485. The van der Waals surface area contributed by atoms with Crippen molar-refractivity contribution in [2.75, 3.05) is 46.4 Å². The Morgan fingerprint density at radius 3 is 2.93 bits per heavy atom. The van der Waals surface area contributed by atoms with E-state index in [-0.39, 0.29) is 0 Å². The molecule has 160 valence electrons. The highest BCUT2D eigenvalue weighted by atomic mass is 35.5. The Balaban J connectivity index is 1.49. The Labute approximate surface area is 179 Å². The summed E-state index contributed by atoms with van der Waals surface area (Å²) in [7, 11) is 1.77. The van der Waals surface area contributed by atoms with Gasteiger partial charge in [0.05, 0.1) is 0 Å². The first-order valence-corrected chi connectivity index (χ1v) is 11.1. The quantitative estimate of drug-likeness (QED) is 0.331. The zero-order valence-corrected chi connectivity index (χ0v) is 18.4. The van der Waals surface area contributed by atoms with E-state index in [1.165, 1.54) is 10.9 Å². The van der Waals surface area contributed by atoms with Crippen molar-refractivity contribution >= 4 is 28.5 Å². The van der Waals surface area contributed by atoms with Gasteiger partial charge in [0, 0.05) is 74.6 Å². The van der Waals surface area contributed by atoms with Crippen LogP contribution in [0.5, 0.6) is 0 Å². The molecule has 3 N–H and O–H groups in total. The first kappa shape index (κ1) is 21.9.